The molecule has 1 saturated carbocycles. The molecule has 88 valence electrons. The zero-order valence-electron chi connectivity index (χ0n) is 10.0. The van der Waals surface area contributed by atoms with Gasteiger partial charge in [0.1, 0.15) is 0 Å². The molecule has 0 aromatic rings. The van der Waals surface area contributed by atoms with E-state index < -0.39 is 0 Å². The van der Waals surface area contributed by atoms with Gasteiger partial charge in [0.25, 0.3) is 0 Å². The Morgan fingerprint density at radius 2 is 2.13 bits per heavy atom. The van der Waals surface area contributed by atoms with E-state index in [2.05, 4.69) is 12.4 Å². The standard InChI is InChI=1S/C13H25NO/c1-14-12(8-7-11-5-6-11)10-13-4-2-3-9-15-13/h11-14H,2-10H2,1H3. The van der Waals surface area contributed by atoms with Gasteiger partial charge < -0.3 is 10.1 Å². The highest BCUT2D eigenvalue weighted by molar-refractivity contribution is 4.78. The van der Waals surface area contributed by atoms with Crippen molar-refractivity contribution in [3.05, 3.63) is 0 Å². The lowest BCUT2D eigenvalue weighted by atomic mass is 9.98. The topological polar surface area (TPSA) is 21.3 Å². The van der Waals surface area contributed by atoms with Gasteiger partial charge in [0.05, 0.1) is 6.10 Å². The Kier molecular flexibility index (Phi) is 4.45. The van der Waals surface area contributed by atoms with Crippen molar-refractivity contribution < 1.29 is 4.74 Å². The summed E-state index contributed by atoms with van der Waals surface area (Å²) in [5.74, 6) is 1.06. The molecule has 0 amide bonds. The lowest BCUT2D eigenvalue weighted by Crippen LogP contribution is -2.32. The van der Waals surface area contributed by atoms with E-state index in [0.717, 1.165) is 12.5 Å². The van der Waals surface area contributed by atoms with Crippen molar-refractivity contribution >= 4 is 0 Å². The van der Waals surface area contributed by atoms with Crippen LogP contribution in [0, 0.1) is 5.92 Å². The van der Waals surface area contributed by atoms with Crippen molar-refractivity contribution in [3.8, 4) is 0 Å². The van der Waals surface area contributed by atoms with E-state index >= 15 is 0 Å². The first-order chi connectivity index (χ1) is 7.38. The molecule has 1 saturated heterocycles. The van der Waals surface area contributed by atoms with Crippen LogP contribution >= 0.6 is 0 Å². The average Bonchev–Trinajstić information content (AvgIpc) is 3.09. The lowest BCUT2D eigenvalue weighted by molar-refractivity contribution is 0.00498. The largest absolute Gasteiger partial charge is 0.378 e. The Morgan fingerprint density at radius 1 is 1.27 bits per heavy atom. The molecule has 2 fully saturated rings. The second-order valence-corrected chi connectivity index (χ2v) is 5.23. The summed E-state index contributed by atoms with van der Waals surface area (Å²) in [6.45, 7) is 0.990. The van der Waals surface area contributed by atoms with Gasteiger partial charge in [0.15, 0.2) is 0 Å². The van der Waals surface area contributed by atoms with Crippen LogP contribution in [-0.4, -0.2) is 25.8 Å². The Morgan fingerprint density at radius 3 is 2.73 bits per heavy atom. The molecule has 0 spiro atoms. The van der Waals surface area contributed by atoms with Crippen LogP contribution in [0.3, 0.4) is 0 Å². The Hall–Kier alpha value is -0.0800. The molecule has 2 aliphatic rings. The van der Waals surface area contributed by atoms with Crippen LogP contribution < -0.4 is 5.32 Å². The molecule has 0 aromatic heterocycles. The van der Waals surface area contributed by atoms with E-state index in [4.69, 9.17) is 4.74 Å². The fourth-order valence-corrected chi connectivity index (χ4v) is 2.53. The van der Waals surface area contributed by atoms with Gasteiger partial charge in [-0.1, -0.05) is 12.8 Å². The summed E-state index contributed by atoms with van der Waals surface area (Å²) in [6.07, 6.45) is 11.4. The van der Waals surface area contributed by atoms with Crippen LogP contribution in [0.1, 0.15) is 51.4 Å². The molecular formula is C13H25NO. The maximum Gasteiger partial charge on any atom is 0.0590 e. The summed E-state index contributed by atoms with van der Waals surface area (Å²) in [7, 11) is 2.10. The van der Waals surface area contributed by atoms with E-state index in [9.17, 15) is 0 Å². The quantitative estimate of drug-likeness (QED) is 0.729. The molecular weight excluding hydrogens is 186 g/mol. The predicted octanol–water partition coefficient (Wildman–Crippen LogP) is 2.72. The molecule has 2 unspecified atom stereocenters. The first-order valence-electron chi connectivity index (χ1n) is 6.67. The number of hydrogen-bond acceptors (Lipinski definition) is 2. The molecule has 2 nitrogen and oxygen atoms in total. The Bertz CT molecular complexity index is 173. The highest BCUT2D eigenvalue weighted by Gasteiger charge is 2.24. The van der Waals surface area contributed by atoms with E-state index in [1.807, 2.05) is 0 Å². The summed E-state index contributed by atoms with van der Waals surface area (Å²) < 4.78 is 5.79. The third-order valence-electron chi connectivity index (χ3n) is 3.85. The van der Waals surface area contributed by atoms with Gasteiger partial charge in [-0.05, 0) is 51.5 Å². The van der Waals surface area contributed by atoms with E-state index in [0.29, 0.717) is 12.1 Å². The van der Waals surface area contributed by atoms with Crippen LogP contribution in [0.15, 0.2) is 0 Å². The molecule has 2 rings (SSSR count). The van der Waals surface area contributed by atoms with Crippen molar-refractivity contribution in [1.82, 2.24) is 5.32 Å². The summed E-state index contributed by atoms with van der Waals surface area (Å²) >= 11 is 0. The average molecular weight is 211 g/mol. The SMILES string of the molecule is CNC(CCC1CC1)CC1CCCCO1. The van der Waals surface area contributed by atoms with Crippen LogP contribution in [0.25, 0.3) is 0 Å². The fourth-order valence-electron chi connectivity index (χ4n) is 2.53. The lowest BCUT2D eigenvalue weighted by Gasteiger charge is -2.26. The first kappa shape index (κ1) is 11.4. The normalized spacial score (nSPS) is 29.0. The molecule has 2 heteroatoms. The second-order valence-electron chi connectivity index (χ2n) is 5.23. The fraction of sp³-hybridized carbons (Fsp3) is 1.00. The van der Waals surface area contributed by atoms with E-state index in [1.54, 1.807) is 0 Å². The Balaban J connectivity index is 1.63. The molecule has 0 aromatic carbocycles. The third kappa shape index (κ3) is 4.12. The first-order valence-corrected chi connectivity index (χ1v) is 6.67. The van der Waals surface area contributed by atoms with Crippen LogP contribution in [0.2, 0.25) is 0 Å². The van der Waals surface area contributed by atoms with Gasteiger partial charge >= 0.3 is 0 Å². The van der Waals surface area contributed by atoms with Crippen LogP contribution in [0.4, 0.5) is 0 Å². The van der Waals surface area contributed by atoms with E-state index in [1.165, 1.54) is 51.4 Å². The minimum atomic E-state index is 0.537. The number of nitrogens with one attached hydrogen (secondary N) is 1. The smallest absolute Gasteiger partial charge is 0.0590 e. The summed E-state index contributed by atoms with van der Waals surface area (Å²) in [6, 6.07) is 0.689. The van der Waals surface area contributed by atoms with Gasteiger partial charge in [-0.15, -0.1) is 0 Å². The minimum absolute atomic E-state index is 0.537. The monoisotopic (exact) mass is 211 g/mol. The van der Waals surface area contributed by atoms with Crippen LogP contribution in [-0.2, 0) is 4.74 Å². The van der Waals surface area contributed by atoms with Crippen molar-refractivity contribution in [3.63, 3.8) is 0 Å². The molecule has 0 bridgehead atoms. The van der Waals surface area contributed by atoms with E-state index in [-0.39, 0.29) is 0 Å². The van der Waals surface area contributed by atoms with Crippen LogP contribution in [0.5, 0.6) is 0 Å². The van der Waals surface area contributed by atoms with Crippen molar-refractivity contribution in [2.75, 3.05) is 13.7 Å². The highest BCUT2D eigenvalue weighted by atomic mass is 16.5. The molecule has 1 N–H and O–H groups in total. The zero-order valence-corrected chi connectivity index (χ0v) is 10.0. The van der Waals surface area contributed by atoms with Crippen molar-refractivity contribution in [2.45, 2.75) is 63.5 Å². The number of rotatable bonds is 6. The minimum Gasteiger partial charge on any atom is -0.378 e. The molecule has 1 heterocycles. The van der Waals surface area contributed by atoms with Gasteiger partial charge in [-0.3, -0.25) is 0 Å². The molecule has 2 atom stereocenters. The second kappa shape index (κ2) is 5.86. The molecule has 15 heavy (non-hydrogen) atoms. The number of ether oxygens (including phenoxy) is 1. The zero-order chi connectivity index (χ0) is 10.5. The molecule has 1 aliphatic heterocycles. The van der Waals surface area contributed by atoms with Gasteiger partial charge in [0.2, 0.25) is 0 Å². The van der Waals surface area contributed by atoms with Crippen molar-refractivity contribution in [1.29, 1.82) is 0 Å². The molecule has 1 aliphatic carbocycles. The molecule has 0 radical (unpaired) electrons. The number of hydrogen-bond donors (Lipinski definition) is 1. The predicted molar refractivity (Wildman–Crippen MR) is 63.0 cm³/mol. The maximum absolute atomic E-state index is 5.79. The van der Waals surface area contributed by atoms with Gasteiger partial charge in [-0.2, -0.15) is 0 Å². The maximum atomic E-state index is 5.79. The van der Waals surface area contributed by atoms with Gasteiger partial charge in [-0.25, -0.2) is 0 Å². The highest BCUT2D eigenvalue weighted by Crippen LogP contribution is 2.34. The summed E-state index contributed by atoms with van der Waals surface area (Å²) in [5, 5.41) is 3.45. The summed E-state index contributed by atoms with van der Waals surface area (Å²) in [4.78, 5) is 0. The third-order valence-corrected chi connectivity index (χ3v) is 3.85. The Labute approximate surface area is 93.8 Å². The van der Waals surface area contributed by atoms with Gasteiger partial charge in [0, 0.05) is 12.6 Å². The van der Waals surface area contributed by atoms with Crippen molar-refractivity contribution in [2.24, 2.45) is 5.92 Å². The summed E-state index contributed by atoms with van der Waals surface area (Å²) in [5.41, 5.74) is 0.